The lowest BCUT2D eigenvalue weighted by Crippen LogP contribution is -2.26. The van der Waals surface area contributed by atoms with Crippen LogP contribution >= 0.6 is 0 Å². The van der Waals surface area contributed by atoms with E-state index in [0.29, 0.717) is 33.8 Å². The van der Waals surface area contributed by atoms with Gasteiger partial charge in [-0.25, -0.2) is 9.78 Å². The molecule has 0 aliphatic heterocycles. The average Bonchev–Trinajstić information content (AvgIpc) is 2.93. The lowest BCUT2D eigenvalue weighted by molar-refractivity contribution is -0.150. The molecule has 3 aromatic carbocycles. The van der Waals surface area contributed by atoms with Gasteiger partial charge in [-0.05, 0) is 38.1 Å². The Hall–Kier alpha value is -4.66. The third-order valence-electron chi connectivity index (χ3n) is 5.50. The maximum atomic E-state index is 13.4. The highest BCUT2D eigenvalue weighted by molar-refractivity contribution is 5.84. The van der Waals surface area contributed by atoms with Crippen molar-refractivity contribution < 1.29 is 23.7 Å². The number of para-hydroxylation sites is 1. The second-order valence-corrected chi connectivity index (χ2v) is 7.95. The molecule has 9 heteroatoms. The van der Waals surface area contributed by atoms with Crippen molar-refractivity contribution in [2.45, 2.75) is 20.0 Å². The molecule has 0 aliphatic rings. The van der Waals surface area contributed by atoms with Gasteiger partial charge in [0.15, 0.2) is 23.4 Å². The maximum Gasteiger partial charge on any atom is 0.347 e. The lowest BCUT2D eigenvalue weighted by atomic mass is 10.2. The van der Waals surface area contributed by atoms with Gasteiger partial charge < -0.3 is 18.9 Å². The number of carbonyl (C=O) groups is 1. The molecule has 37 heavy (non-hydrogen) atoms. The Morgan fingerprint density at radius 2 is 1.68 bits per heavy atom. The molecule has 1 atom stereocenters. The van der Waals surface area contributed by atoms with Gasteiger partial charge in [0.2, 0.25) is 5.75 Å². The number of nitrogens with zero attached hydrogens (tertiary/aromatic N) is 3. The molecule has 4 rings (SSSR count). The molecule has 0 radical (unpaired) electrons. The zero-order chi connectivity index (χ0) is 26.4. The molecule has 0 bridgehead atoms. The quantitative estimate of drug-likeness (QED) is 0.249. The summed E-state index contributed by atoms with van der Waals surface area (Å²) in [6, 6.07) is 19.8. The molecule has 0 aliphatic carbocycles. The van der Waals surface area contributed by atoms with Gasteiger partial charge >= 0.3 is 5.97 Å². The van der Waals surface area contributed by atoms with Gasteiger partial charge in [-0.3, -0.25) is 4.79 Å². The molecule has 4 aromatic rings. The summed E-state index contributed by atoms with van der Waals surface area (Å²) >= 11 is 0. The van der Waals surface area contributed by atoms with Crippen LogP contribution in [0.15, 0.2) is 76.6 Å². The summed E-state index contributed by atoms with van der Waals surface area (Å²) in [6.45, 7) is 3.54. The number of fused-ring (bicyclic) bond motifs is 1. The second-order valence-electron chi connectivity index (χ2n) is 7.95. The first-order valence-corrected chi connectivity index (χ1v) is 11.7. The monoisotopic (exact) mass is 501 g/mol. The first-order chi connectivity index (χ1) is 18.0. The summed E-state index contributed by atoms with van der Waals surface area (Å²) in [5.74, 6) is 0.794. The highest BCUT2D eigenvalue weighted by Gasteiger charge is 2.22. The Morgan fingerprint density at radius 3 is 2.32 bits per heavy atom. The number of carbonyl (C=O) groups excluding carboxylic acids is 1. The van der Waals surface area contributed by atoms with E-state index in [9.17, 15) is 9.59 Å². The van der Waals surface area contributed by atoms with Crippen LogP contribution in [-0.2, 0) is 9.53 Å². The molecule has 0 spiro atoms. The largest absolute Gasteiger partial charge is 0.493 e. The van der Waals surface area contributed by atoms with Crippen molar-refractivity contribution >= 4 is 23.1 Å². The number of methoxy groups -OCH3 is 2. The van der Waals surface area contributed by atoms with E-state index in [0.717, 1.165) is 5.56 Å². The summed E-state index contributed by atoms with van der Waals surface area (Å²) in [7, 11) is 2.95. The van der Waals surface area contributed by atoms with E-state index < -0.39 is 12.1 Å². The lowest BCUT2D eigenvalue weighted by Gasteiger charge is -2.18. The summed E-state index contributed by atoms with van der Waals surface area (Å²) in [5.41, 5.74) is 1.60. The molecular formula is C28H27N3O6. The van der Waals surface area contributed by atoms with Crippen molar-refractivity contribution in [1.82, 2.24) is 9.66 Å². The summed E-state index contributed by atoms with van der Waals surface area (Å²) in [6.07, 6.45) is 0.631. The molecule has 1 heterocycles. The van der Waals surface area contributed by atoms with Crippen molar-refractivity contribution in [3.63, 3.8) is 0 Å². The van der Waals surface area contributed by atoms with Gasteiger partial charge in [-0.15, -0.1) is 0 Å². The van der Waals surface area contributed by atoms with E-state index >= 15 is 0 Å². The number of hydrogen-bond acceptors (Lipinski definition) is 8. The molecule has 9 nitrogen and oxygen atoms in total. The van der Waals surface area contributed by atoms with E-state index in [4.69, 9.17) is 23.9 Å². The predicted molar refractivity (Wildman–Crippen MR) is 141 cm³/mol. The summed E-state index contributed by atoms with van der Waals surface area (Å²) < 4.78 is 23.1. The van der Waals surface area contributed by atoms with Gasteiger partial charge in [0.1, 0.15) is 0 Å². The van der Waals surface area contributed by atoms with Crippen LogP contribution in [0.3, 0.4) is 0 Å². The van der Waals surface area contributed by atoms with Crippen molar-refractivity contribution in [1.29, 1.82) is 0 Å². The zero-order valence-electron chi connectivity index (χ0n) is 21.0. The molecule has 0 saturated carbocycles. The van der Waals surface area contributed by atoms with Crippen LogP contribution in [0.1, 0.15) is 19.4 Å². The second kappa shape index (κ2) is 11.4. The molecule has 1 aromatic heterocycles. The van der Waals surface area contributed by atoms with Crippen LogP contribution < -0.4 is 19.8 Å². The Kier molecular flexibility index (Phi) is 7.83. The predicted octanol–water partition coefficient (Wildman–Crippen LogP) is 4.29. The molecular weight excluding hydrogens is 474 g/mol. The minimum Gasteiger partial charge on any atom is -0.493 e. The summed E-state index contributed by atoms with van der Waals surface area (Å²) in [5, 5.41) is 4.94. The fraction of sp³-hybridized carbons (Fsp3) is 0.214. The van der Waals surface area contributed by atoms with Crippen LogP contribution in [0.4, 0.5) is 0 Å². The standard InChI is InChI=1S/C28H27N3O6/c1-5-36-28(33)18(2)37-25-23(34-3)15-19(16-24(25)35-4)17-29-31-26(20-11-7-6-8-12-20)30-22-14-10-9-13-21(22)27(31)32/h6-18H,5H2,1-4H3/t18-/m0/s1. The van der Waals surface area contributed by atoms with Crippen LogP contribution in [0.2, 0.25) is 0 Å². The molecule has 0 amide bonds. The fourth-order valence-electron chi connectivity index (χ4n) is 3.70. The smallest absolute Gasteiger partial charge is 0.347 e. The van der Waals surface area contributed by atoms with Crippen LogP contribution in [-0.4, -0.2) is 48.8 Å². The minimum atomic E-state index is -0.877. The number of aromatic nitrogens is 2. The third kappa shape index (κ3) is 5.45. The van der Waals surface area contributed by atoms with Gasteiger partial charge in [-0.2, -0.15) is 9.78 Å². The van der Waals surface area contributed by atoms with Crippen LogP contribution in [0.25, 0.3) is 22.3 Å². The molecule has 0 unspecified atom stereocenters. The van der Waals surface area contributed by atoms with Crippen molar-refractivity contribution in [2.24, 2.45) is 5.10 Å². The Balaban J connectivity index is 1.78. The number of rotatable bonds is 9. The highest BCUT2D eigenvalue weighted by atomic mass is 16.6. The average molecular weight is 502 g/mol. The molecule has 0 saturated heterocycles. The third-order valence-corrected chi connectivity index (χ3v) is 5.50. The van der Waals surface area contributed by atoms with E-state index in [2.05, 4.69) is 5.10 Å². The number of hydrogen-bond donors (Lipinski definition) is 0. The Morgan fingerprint density at radius 1 is 1.03 bits per heavy atom. The van der Waals surface area contributed by atoms with Gasteiger partial charge in [-0.1, -0.05) is 42.5 Å². The normalized spacial score (nSPS) is 11.9. The highest BCUT2D eigenvalue weighted by Crippen LogP contribution is 2.39. The van der Waals surface area contributed by atoms with E-state index in [1.165, 1.54) is 25.1 Å². The molecule has 190 valence electrons. The van der Waals surface area contributed by atoms with Gasteiger partial charge in [0.25, 0.3) is 5.56 Å². The number of esters is 1. The SMILES string of the molecule is CCOC(=O)[C@H](C)Oc1c(OC)cc(C=Nn2c(-c3ccccc3)nc3ccccc3c2=O)cc1OC. The first-order valence-electron chi connectivity index (χ1n) is 11.7. The van der Waals surface area contributed by atoms with Gasteiger partial charge in [0, 0.05) is 11.1 Å². The Bertz CT molecular complexity index is 1470. The van der Waals surface area contributed by atoms with Gasteiger partial charge in [0.05, 0.1) is 37.9 Å². The van der Waals surface area contributed by atoms with E-state index in [1.807, 2.05) is 36.4 Å². The van der Waals surface area contributed by atoms with E-state index in [1.54, 1.807) is 44.2 Å². The minimum absolute atomic E-state index is 0.240. The molecule has 0 N–H and O–H groups in total. The summed E-state index contributed by atoms with van der Waals surface area (Å²) in [4.78, 5) is 30.1. The van der Waals surface area contributed by atoms with Crippen molar-refractivity contribution in [3.8, 4) is 28.6 Å². The van der Waals surface area contributed by atoms with Crippen LogP contribution in [0, 0.1) is 0 Å². The van der Waals surface area contributed by atoms with Crippen molar-refractivity contribution in [3.05, 3.63) is 82.6 Å². The first kappa shape index (κ1) is 25.4. The topological polar surface area (TPSA) is 101 Å². The maximum absolute atomic E-state index is 13.4. The zero-order valence-corrected chi connectivity index (χ0v) is 21.0. The molecule has 0 fully saturated rings. The van der Waals surface area contributed by atoms with Crippen molar-refractivity contribution in [2.75, 3.05) is 20.8 Å². The van der Waals surface area contributed by atoms with Crippen LogP contribution in [0.5, 0.6) is 17.2 Å². The number of ether oxygens (including phenoxy) is 4. The fourth-order valence-corrected chi connectivity index (χ4v) is 3.70. The number of benzene rings is 3. The Labute approximate surface area is 213 Å². The van der Waals surface area contributed by atoms with E-state index in [-0.39, 0.29) is 17.9 Å².